The fourth-order valence-electron chi connectivity index (χ4n) is 4.47. The van der Waals surface area contributed by atoms with Gasteiger partial charge in [-0.3, -0.25) is 14.5 Å². The van der Waals surface area contributed by atoms with Crippen LogP contribution in [0.4, 0.5) is 10.1 Å². The molecular weight excluding hydrogens is 572 g/mol. The van der Waals surface area contributed by atoms with Gasteiger partial charge in [-0.05, 0) is 53.2 Å². The van der Waals surface area contributed by atoms with Crippen molar-refractivity contribution >= 4 is 50.5 Å². The monoisotopic (exact) mass is 602 g/mol. The molecule has 0 unspecified atom stereocenters. The van der Waals surface area contributed by atoms with Gasteiger partial charge in [0.25, 0.3) is 0 Å². The molecule has 0 saturated carbocycles. The Morgan fingerprint density at radius 3 is 2.76 bits per heavy atom. The average molecular weight is 603 g/mol. The summed E-state index contributed by atoms with van der Waals surface area (Å²) >= 11 is 6.89. The number of aromatic nitrogens is 3. The molecule has 0 spiro atoms. The maximum Gasteiger partial charge on any atom is 0.230 e. The molecule has 3 heterocycles. The summed E-state index contributed by atoms with van der Waals surface area (Å²) in [5.74, 6) is -0.601. The molecule has 3 N–H and O–H groups in total. The second kappa shape index (κ2) is 14.2. The lowest BCUT2D eigenvalue weighted by Crippen LogP contribution is -2.35. The van der Waals surface area contributed by atoms with Gasteiger partial charge in [-0.15, -0.1) is 11.3 Å². The lowest BCUT2D eigenvalue weighted by molar-refractivity contribution is -0.119. The first-order valence-electron chi connectivity index (χ1n) is 13.5. The Hall–Kier alpha value is -4.03. The number of thiophene rings is 1. The van der Waals surface area contributed by atoms with Gasteiger partial charge in [-0.1, -0.05) is 36.4 Å². The molecule has 3 aromatic heterocycles. The summed E-state index contributed by atoms with van der Waals surface area (Å²) in [6, 6.07) is 18.3. The summed E-state index contributed by atoms with van der Waals surface area (Å²) in [6.07, 6.45) is 6.27. The highest BCUT2D eigenvalue weighted by Gasteiger charge is 2.14. The second-order valence-corrected chi connectivity index (χ2v) is 11.1. The molecule has 1 amide bonds. The number of halogens is 1. The number of nitrogens with zero attached hydrogens (tertiary/aromatic N) is 3. The Labute approximate surface area is 252 Å². The first-order valence-corrected chi connectivity index (χ1v) is 14.7. The molecule has 0 radical (unpaired) electrons. The van der Waals surface area contributed by atoms with E-state index in [1.54, 1.807) is 36.8 Å². The van der Waals surface area contributed by atoms with E-state index in [0.29, 0.717) is 24.3 Å². The van der Waals surface area contributed by atoms with Crippen LogP contribution in [0.5, 0.6) is 0 Å². The van der Waals surface area contributed by atoms with E-state index < -0.39 is 0 Å². The first kappa shape index (κ1) is 29.5. The summed E-state index contributed by atoms with van der Waals surface area (Å²) in [4.78, 5) is 17.9. The predicted octanol–water partition coefficient (Wildman–Crippen LogP) is 5.18. The topological polar surface area (TPSA) is 93.1 Å². The van der Waals surface area contributed by atoms with Crippen molar-refractivity contribution in [2.75, 3.05) is 32.1 Å². The number of carbonyl (C=O) groups excluding carboxylic acids is 1. The number of ether oxygens (including phenoxy) is 1. The molecule has 0 saturated heterocycles. The zero-order valence-electron chi connectivity index (χ0n) is 23.1. The van der Waals surface area contributed by atoms with Gasteiger partial charge in [0.1, 0.15) is 5.82 Å². The van der Waals surface area contributed by atoms with Gasteiger partial charge in [0.05, 0.1) is 36.0 Å². The average Bonchev–Trinajstić information content (AvgIpc) is 3.63. The Bertz CT molecular complexity index is 1670. The number of carbonyl (C=O) groups is 1. The molecule has 0 aliphatic rings. The third kappa shape index (κ3) is 7.83. The molecular formula is C31H31FN6O2S2. The fourth-order valence-corrected chi connectivity index (χ4v) is 5.80. The van der Waals surface area contributed by atoms with Crippen LogP contribution in [0.25, 0.3) is 20.7 Å². The summed E-state index contributed by atoms with van der Waals surface area (Å²) < 4.78 is 23.2. The van der Waals surface area contributed by atoms with E-state index in [9.17, 15) is 4.79 Å². The summed E-state index contributed by atoms with van der Waals surface area (Å²) in [6.45, 7) is 3.04. The number of hydrogen-bond donors (Lipinski definition) is 3. The second-order valence-electron chi connectivity index (χ2n) is 9.68. The van der Waals surface area contributed by atoms with Crippen molar-refractivity contribution < 1.29 is 13.9 Å². The first-order chi connectivity index (χ1) is 20.5. The van der Waals surface area contributed by atoms with Gasteiger partial charge in [0.15, 0.2) is 5.11 Å². The number of amides is 1. The zero-order chi connectivity index (χ0) is 29.3. The Balaban J connectivity index is 1.21. The molecule has 11 heteroatoms. The zero-order valence-corrected chi connectivity index (χ0v) is 24.7. The molecule has 42 heavy (non-hydrogen) atoms. The van der Waals surface area contributed by atoms with E-state index >= 15 is 4.39 Å². The number of rotatable bonds is 12. The minimum absolute atomic E-state index is 0.121. The molecule has 0 aliphatic carbocycles. The van der Waals surface area contributed by atoms with Crippen LogP contribution in [0, 0.1) is 5.82 Å². The van der Waals surface area contributed by atoms with Crippen LogP contribution in [-0.4, -0.2) is 52.6 Å². The van der Waals surface area contributed by atoms with Gasteiger partial charge in [0, 0.05) is 55.1 Å². The van der Waals surface area contributed by atoms with E-state index in [2.05, 4.69) is 32.1 Å². The maximum atomic E-state index is 15.2. The quantitative estimate of drug-likeness (QED) is 0.134. The molecule has 216 valence electrons. The lowest BCUT2D eigenvalue weighted by Gasteiger charge is -2.11. The molecule has 0 atom stereocenters. The van der Waals surface area contributed by atoms with E-state index in [1.807, 2.05) is 53.5 Å². The largest absolute Gasteiger partial charge is 0.383 e. The number of nitrogens with one attached hydrogen (secondary N) is 3. The van der Waals surface area contributed by atoms with Gasteiger partial charge >= 0.3 is 0 Å². The summed E-state index contributed by atoms with van der Waals surface area (Å²) in [7, 11) is 1.69. The van der Waals surface area contributed by atoms with Crippen molar-refractivity contribution in [1.82, 2.24) is 25.4 Å². The highest BCUT2D eigenvalue weighted by atomic mass is 32.1. The Kier molecular flexibility index (Phi) is 9.98. The van der Waals surface area contributed by atoms with Crippen LogP contribution in [0.3, 0.4) is 0 Å². The van der Waals surface area contributed by atoms with E-state index in [1.165, 1.54) is 6.07 Å². The minimum atomic E-state index is -0.361. The number of methoxy groups -OCH3 is 1. The number of anilines is 1. The van der Waals surface area contributed by atoms with Crippen LogP contribution >= 0.6 is 23.6 Å². The lowest BCUT2D eigenvalue weighted by atomic mass is 10.0. The van der Waals surface area contributed by atoms with E-state index in [0.717, 1.165) is 51.4 Å². The van der Waals surface area contributed by atoms with Crippen LogP contribution in [-0.2, 0) is 28.9 Å². The number of benzene rings is 2. The Morgan fingerprint density at radius 2 is 1.95 bits per heavy atom. The molecule has 0 aliphatic heterocycles. The van der Waals surface area contributed by atoms with Gasteiger partial charge in [0.2, 0.25) is 5.91 Å². The molecule has 2 aromatic carbocycles. The number of hydrogen-bond acceptors (Lipinski definition) is 7. The third-order valence-electron chi connectivity index (χ3n) is 6.56. The van der Waals surface area contributed by atoms with Crippen LogP contribution in [0.15, 0.2) is 79.3 Å². The van der Waals surface area contributed by atoms with E-state index in [-0.39, 0.29) is 23.3 Å². The Morgan fingerprint density at radius 1 is 1.10 bits per heavy atom. The van der Waals surface area contributed by atoms with E-state index in [4.69, 9.17) is 17.0 Å². The predicted molar refractivity (Wildman–Crippen MR) is 169 cm³/mol. The minimum Gasteiger partial charge on any atom is -0.383 e. The highest BCUT2D eigenvalue weighted by Crippen LogP contribution is 2.35. The smallest absolute Gasteiger partial charge is 0.230 e. The van der Waals surface area contributed by atoms with Crippen LogP contribution in [0.1, 0.15) is 16.7 Å². The van der Waals surface area contributed by atoms with Crippen molar-refractivity contribution in [1.29, 1.82) is 0 Å². The molecule has 8 nitrogen and oxygen atoms in total. The summed E-state index contributed by atoms with van der Waals surface area (Å²) in [5.41, 5.74) is 4.79. The van der Waals surface area contributed by atoms with Crippen molar-refractivity contribution in [3.8, 4) is 10.4 Å². The number of fused-ring (bicyclic) bond motifs is 1. The normalized spacial score (nSPS) is 11.1. The summed E-state index contributed by atoms with van der Waals surface area (Å²) in [5, 5.41) is 13.5. The van der Waals surface area contributed by atoms with Crippen LogP contribution < -0.4 is 16.0 Å². The fraction of sp³-hybridized carbons (Fsp3) is 0.226. The SMILES string of the molecule is COCCNCCn1cc(-c2cc3nccc(Cc4ccc(NC(=S)NC(=O)Cc5ccccc5)cc4F)c3s2)cn1. The molecule has 0 fully saturated rings. The van der Waals surface area contributed by atoms with Crippen molar-refractivity contribution in [3.05, 3.63) is 102 Å². The van der Waals surface area contributed by atoms with Crippen LogP contribution in [0.2, 0.25) is 0 Å². The molecule has 0 bridgehead atoms. The van der Waals surface area contributed by atoms with Gasteiger partial charge in [-0.25, -0.2) is 4.39 Å². The molecule has 5 rings (SSSR count). The van der Waals surface area contributed by atoms with Gasteiger partial charge in [-0.2, -0.15) is 5.10 Å². The maximum absolute atomic E-state index is 15.2. The number of pyridine rings is 1. The molecule has 5 aromatic rings. The van der Waals surface area contributed by atoms with Crippen molar-refractivity contribution in [3.63, 3.8) is 0 Å². The van der Waals surface area contributed by atoms with Crippen molar-refractivity contribution in [2.45, 2.75) is 19.4 Å². The van der Waals surface area contributed by atoms with Gasteiger partial charge < -0.3 is 20.7 Å². The highest BCUT2D eigenvalue weighted by molar-refractivity contribution is 7.80. The number of thiocarbonyl (C=S) groups is 1. The third-order valence-corrected chi connectivity index (χ3v) is 8.02. The van der Waals surface area contributed by atoms with Crippen molar-refractivity contribution in [2.24, 2.45) is 0 Å². The standard InChI is InChI=1S/C31H31FN6O2S2/c1-40-14-12-33-11-13-38-20-24(19-35-38)28-18-27-30(42-28)23(9-10-34-27)16-22-7-8-25(17-26(22)32)36-31(41)37-29(39)15-21-5-3-2-4-6-21/h2-10,17-20,33H,11-16H2,1H3,(H2,36,37,39,41).